The Morgan fingerprint density at radius 2 is 1.96 bits per heavy atom. The van der Waals surface area contributed by atoms with E-state index in [0.29, 0.717) is 29.3 Å². The third-order valence-electron chi connectivity index (χ3n) is 3.67. The van der Waals surface area contributed by atoms with Gasteiger partial charge in [0.25, 0.3) is 5.56 Å². The van der Waals surface area contributed by atoms with Crippen LogP contribution in [0.3, 0.4) is 0 Å². The van der Waals surface area contributed by atoms with Gasteiger partial charge in [0, 0.05) is 17.0 Å². The average molecular weight is 354 g/mol. The van der Waals surface area contributed by atoms with Crippen LogP contribution in [0.1, 0.15) is 18.2 Å². The molecule has 3 aromatic rings. The number of aromatic amines is 1. The van der Waals surface area contributed by atoms with E-state index in [1.165, 1.54) is 11.8 Å². The zero-order valence-electron chi connectivity index (χ0n) is 13.8. The molecule has 0 bridgehead atoms. The Morgan fingerprint density at radius 3 is 2.64 bits per heavy atom. The van der Waals surface area contributed by atoms with Gasteiger partial charge >= 0.3 is 5.69 Å². The molecule has 6 heteroatoms. The quantitative estimate of drug-likeness (QED) is 0.687. The van der Waals surface area contributed by atoms with E-state index in [1.807, 2.05) is 49.4 Å². The van der Waals surface area contributed by atoms with Crippen LogP contribution in [0.4, 0.5) is 0 Å². The highest BCUT2D eigenvalue weighted by Crippen LogP contribution is 2.28. The summed E-state index contributed by atoms with van der Waals surface area (Å²) in [5, 5.41) is 0.673. The van der Waals surface area contributed by atoms with Crippen molar-refractivity contribution in [2.75, 3.05) is 0 Å². The molecule has 0 saturated carbocycles. The summed E-state index contributed by atoms with van der Waals surface area (Å²) in [4.78, 5) is 27.9. The van der Waals surface area contributed by atoms with E-state index < -0.39 is 5.69 Å². The third kappa shape index (κ3) is 4.03. The lowest BCUT2D eigenvalue weighted by molar-refractivity contribution is 0.556. The molecule has 1 aromatic carbocycles. The molecule has 0 amide bonds. The number of aromatic nitrogens is 2. The van der Waals surface area contributed by atoms with Crippen molar-refractivity contribution in [3.8, 4) is 0 Å². The molecule has 2 heterocycles. The van der Waals surface area contributed by atoms with Gasteiger partial charge in [0.1, 0.15) is 5.76 Å². The Morgan fingerprint density at radius 1 is 1.16 bits per heavy atom. The molecule has 0 fully saturated rings. The van der Waals surface area contributed by atoms with Crippen molar-refractivity contribution in [2.45, 2.75) is 29.8 Å². The van der Waals surface area contributed by atoms with E-state index in [-0.39, 0.29) is 5.56 Å². The highest BCUT2D eigenvalue weighted by Gasteiger charge is 2.14. The normalized spacial score (nSPS) is 11.2. The number of hydrogen-bond acceptors (Lipinski definition) is 4. The summed E-state index contributed by atoms with van der Waals surface area (Å²) in [6.45, 7) is 2.26. The molecule has 5 nitrogen and oxygen atoms in total. The number of benzene rings is 1. The lowest BCUT2D eigenvalue weighted by Crippen LogP contribution is -2.33. The molecular weight excluding hydrogens is 336 g/mol. The second-order valence-corrected chi connectivity index (χ2v) is 6.40. The van der Waals surface area contributed by atoms with Crippen molar-refractivity contribution in [2.24, 2.45) is 0 Å². The van der Waals surface area contributed by atoms with Gasteiger partial charge in [-0.2, -0.15) is 0 Å². The molecule has 128 valence electrons. The highest BCUT2D eigenvalue weighted by molar-refractivity contribution is 7.99. The van der Waals surface area contributed by atoms with Crippen molar-refractivity contribution >= 4 is 17.8 Å². The number of allylic oxidation sites excluding steroid dienone is 1. The number of nitrogens with zero attached hydrogens (tertiary/aromatic N) is 1. The molecule has 1 N–H and O–H groups in total. The van der Waals surface area contributed by atoms with Crippen molar-refractivity contribution in [1.29, 1.82) is 0 Å². The summed E-state index contributed by atoms with van der Waals surface area (Å²) in [7, 11) is 0. The van der Waals surface area contributed by atoms with Crippen molar-refractivity contribution in [3.05, 3.63) is 87.0 Å². The molecule has 3 rings (SSSR count). The standard InChI is InChI=1S/C19H18N2O3S/c1-2-16-17(22)20-19(23)21(12-6-8-14-9-7-13-24-14)18(16)25-15-10-4-3-5-11-15/h3-11,13H,2,12H2,1H3,(H,20,22,23)/b8-6+. The Hall–Kier alpha value is -2.73. The molecule has 0 spiro atoms. The van der Waals surface area contributed by atoms with Crippen molar-refractivity contribution in [1.82, 2.24) is 9.55 Å². The van der Waals surface area contributed by atoms with Gasteiger partial charge in [-0.1, -0.05) is 43.0 Å². The van der Waals surface area contributed by atoms with Crippen LogP contribution in [0, 0.1) is 0 Å². The number of nitrogens with one attached hydrogen (secondary N) is 1. The fourth-order valence-corrected chi connectivity index (χ4v) is 3.59. The smallest absolute Gasteiger partial charge is 0.329 e. The molecule has 2 aromatic heterocycles. The number of hydrogen-bond donors (Lipinski definition) is 1. The topological polar surface area (TPSA) is 68.0 Å². The van der Waals surface area contributed by atoms with E-state index in [0.717, 1.165) is 4.90 Å². The molecule has 0 aliphatic carbocycles. The zero-order chi connectivity index (χ0) is 17.6. The van der Waals surface area contributed by atoms with Crippen LogP contribution in [0.2, 0.25) is 0 Å². The summed E-state index contributed by atoms with van der Waals surface area (Å²) in [6, 6.07) is 13.3. The van der Waals surface area contributed by atoms with E-state index in [4.69, 9.17) is 4.42 Å². The summed E-state index contributed by atoms with van der Waals surface area (Å²) >= 11 is 1.43. The van der Waals surface area contributed by atoms with Crippen LogP contribution in [0.25, 0.3) is 6.08 Å². The zero-order valence-corrected chi connectivity index (χ0v) is 14.6. The van der Waals surface area contributed by atoms with Crippen molar-refractivity contribution < 1.29 is 4.42 Å². The summed E-state index contributed by atoms with van der Waals surface area (Å²) < 4.78 is 6.84. The first-order valence-electron chi connectivity index (χ1n) is 7.98. The minimum Gasteiger partial charge on any atom is -0.465 e. The van der Waals surface area contributed by atoms with E-state index >= 15 is 0 Å². The van der Waals surface area contributed by atoms with Gasteiger partial charge in [0.2, 0.25) is 0 Å². The molecule has 0 aliphatic heterocycles. The van der Waals surface area contributed by atoms with Crippen molar-refractivity contribution in [3.63, 3.8) is 0 Å². The van der Waals surface area contributed by atoms with Gasteiger partial charge in [-0.3, -0.25) is 14.3 Å². The number of furan rings is 1. The molecule has 0 saturated heterocycles. The van der Waals surface area contributed by atoms with E-state index in [9.17, 15) is 9.59 Å². The maximum atomic E-state index is 12.3. The molecule has 25 heavy (non-hydrogen) atoms. The second kappa shape index (κ2) is 7.90. The van der Waals surface area contributed by atoms with Crippen LogP contribution >= 0.6 is 11.8 Å². The average Bonchev–Trinajstić information content (AvgIpc) is 3.12. The van der Waals surface area contributed by atoms with Crippen LogP contribution in [-0.2, 0) is 13.0 Å². The van der Waals surface area contributed by atoms with Crippen LogP contribution in [0.15, 0.2) is 78.7 Å². The molecule has 0 aliphatic rings. The van der Waals surface area contributed by atoms with Crippen LogP contribution in [-0.4, -0.2) is 9.55 Å². The molecule has 0 unspecified atom stereocenters. The lowest BCUT2D eigenvalue weighted by atomic mass is 10.2. The molecule has 0 radical (unpaired) electrons. The maximum Gasteiger partial charge on any atom is 0.329 e. The lowest BCUT2D eigenvalue weighted by Gasteiger charge is -2.13. The van der Waals surface area contributed by atoms with Gasteiger partial charge in [0.05, 0.1) is 11.3 Å². The fourth-order valence-electron chi connectivity index (χ4n) is 2.45. The van der Waals surface area contributed by atoms with Gasteiger partial charge in [0.15, 0.2) is 0 Å². The minimum absolute atomic E-state index is 0.322. The summed E-state index contributed by atoms with van der Waals surface area (Å²) in [5.41, 5.74) is -0.123. The Kier molecular flexibility index (Phi) is 5.40. The first-order valence-corrected chi connectivity index (χ1v) is 8.79. The fraction of sp³-hybridized carbons (Fsp3) is 0.158. The number of H-pyrrole nitrogens is 1. The molecule has 0 atom stereocenters. The van der Waals surface area contributed by atoms with Gasteiger partial charge in [-0.15, -0.1) is 0 Å². The van der Waals surface area contributed by atoms with Crippen LogP contribution < -0.4 is 11.2 Å². The summed E-state index contributed by atoms with van der Waals surface area (Å²) in [6.07, 6.45) is 5.79. The number of rotatable bonds is 6. The van der Waals surface area contributed by atoms with E-state index in [1.54, 1.807) is 23.0 Å². The third-order valence-corrected chi connectivity index (χ3v) is 4.84. The van der Waals surface area contributed by atoms with Gasteiger partial charge in [-0.25, -0.2) is 4.79 Å². The predicted octanol–water partition coefficient (Wildman–Crippen LogP) is 3.56. The predicted molar refractivity (Wildman–Crippen MR) is 99.0 cm³/mol. The molecular formula is C19H18N2O3S. The maximum absolute atomic E-state index is 12.3. The highest BCUT2D eigenvalue weighted by atomic mass is 32.2. The Balaban J connectivity index is 2.00. The van der Waals surface area contributed by atoms with E-state index in [2.05, 4.69) is 4.98 Å². The van der Waals surface area contributed by atoms with Crippen LogP contribution in [0.5, 0.6) is 0 Å². The Labute approximate surface area is 149 Å². The van der Waals surface area contributed by atoms with Gasteiger partial charge < -0.3 is 4.42 Å². The summed E-state index contributed by atoms with van der Waals surface area (Å²) in [5.74, 6) is 0.713. The SMILES string of the molecule is CCc1c(Sc2ccccc2)n(C/C=C/c2ccco2)c(=O)[nH]c1=O. The minimum atomic E-state index is -0.412. The largest absolute Gasteiger partial charge is 0.465 e. The first-order chi connectivity index (χ1) is 12.2. The monoisotopic (exact) mass is 354 g/mol. The van der Waals surface area contributed by atoms with Gasteiger partial charge in [-0.05, 0) is 36.8 Å². The first kappa shape index (κ1) is 17.1. The second-order valence-electron chi connectivity index (χ2n) is 5.34. The Bertz CT molecular complexity index is 970.